The van der Waals surface area contributed by atoms with E-state index in [4.69, 9.17) is 19.3 Å². The molecule has 0 aliphatic rings. The molecule has 218 valence electrons. The van der Waals surface area contributed by atoms with Gasteiger partial charge in [0.1, 0.15) is 19.0 Å². The molecule has 0 amide bonds. The number of carbonyl (C=O) groups is 1. The molecule has 39 heavy (non-hydrogen) atoms. The first-order chi connectivity index (χ1) is 18.0. The Hall–Kier alpha value is -2.77. The number of aliphatic carboxylic acids is 1. The average molecular weight is 545 g/mol. The van der Waals surface area contributed by atoms with Gasteiger partial charge in [-0.15, -0.1) is 0 Å². The van der Waals surface area contributed by atoms with E-state index in [1.165, 1.54) is 0 Å². The van der Waals surface area contributed by atoms with Crippen LogP contribution in [0.5, 0.6) is 17.2 Å². The topological polar surface area (TPSA) is 105 Å². The molecule has 2 aromatic carbocycles. The van der Waals surface area contributed by atoms with Gasteiger partial charge in [-0.1, -0.05) is 73.6 Å². The van der Waals surface area contributed by atoms with Crippen molar-refractivity contribution in [3.05, 3.63) is 53.1 Å². The molecule has 2 rings (SSSR count). The number of aryl methyl sites for hydroxylation is 1. The van der Waals surface area contributed by atoms with Crippen LogP contribution in [0.25, 0.3) is 0 Å². The fourth-order valence-electron chi connectivity index (χ4n) is 4.36. The second-order valence-corrected chi connectivity index (χ2v) is 12.5. The van der Waals surface area contributed by atoms with Crippen molar-refractivity contribution in [3.63, 3.8) is 0 Å². The van der Waals surface area contributed by atoms with Gasteiger partial charge in [-0.3, -0.25) is 0 Å². The molecular formula is C32H48O7. The maximum absolute atomic E-state index is 11.0. The van der Waals surface area contributed by atoms with Crippen LogP contribution >= 0.6 is 0 Å². The first kappa shape index (κ1) is 32.4. The molecule has 7 nitrogen and oxygen atoms in total. The summed E-state index contributed by atoms with van der Waals surface area (Å²) in [6, 6.07) is 11.8. The van der Waals surface area contributed by atoms with Gasteiger partial charge in [-0.2, -0.15) is 0 Å². The van der Waals surface area contributed by atoms with Gasteiger partial charge in [-0.05, 0) is 65.5 Å². The Bertz CT molecular complexity index is 1090. The minimum absolute atomic E-state index is 0.102. The van der Waals surface area contributed by atoms with Gasteiger partial charge >= 0.3 is 5.97 Å². The van der Waals surface area contributed by atoms with Crippen molar-refractivity contribution in [1.82, 2.24) is 0 Å². The molecule has 0 bridgehead atoms. The predicted octanol–water partition coefficient (Wildman–Crippen LogP) is 6.14. The molecule has 0 aromatic heterocycles. The van der Waals surface area contributed by atoms with Crippen LogP contribution in [-0.4, -0.2) is 53.3 Å². The molecule has 2 aromatic rings. The highest BCUT2D eigenvalue weighted by molar-refractivity contribution is 5.68. The summed E-state index contributed by atoms with van der Waals surface area (Å²) in [5.41, 5.74) is 1.96. The fraction of sp³-hybridized carbons (Fsp3) is 0.594. The number of aliphatic hydroxyl groups excluding tert-OH is 2. The van der Waals surface area contributed by atoms with E-state index in [0.717, 1.165) is 29.5 Å². The van der Waals surface area contributed by atoms with E-state index in [1.54, 1.807) is 0 Å². The summed E-state index contributed by atoms with van der Waals surface area (Å²) in [6.45, 7) is 17.8. The van der Waals surface area contributed by atoms with Gasteiger partial charge in [0.25, 0.3) is 0 Å². The molecule has 0 spiro atoms. The lowest BCUT2D eigenvalue weighted by molar-refractivity contribution is -0.139. The van der Waals surface area contributed by atoms with Gasteiger partial charge in [0.05, 0.1) is 12.2 Å². The molecule has 0 fully saturated rings. The lowest BCUT2D eigenvalue weighted by Gasteiger charge is -2.34. The largest absolute Gasteiger partial charge is 0.487 e. The molecule has 7 heteroatoms. The van der Waals surface area contributed by atoms with Crippen LogP contribution in [0.15, 0.2) is 36.4 Å². The number of ether oxygens (including phenoxy) is 3. The zero-order valence-electron chi connectivity index (χ0n) is 25.1. The standard InChI is InChI=1S/C32H48O7/c1-10-32(11-2,22-12-14-24(21(3)16-22)39-20-29(35)36)23-13-15-25(37-18-27(33)30(4,5)6)26(17-23)38-19-28(34)31(7,8)9/h12-17,27-28,33-34H,10-11,18-20H2,1-9H3,(H,35,36). The van der Waals surface area contributed by atoms with Crippen molar-refractivity contribution in [2.45, 2.75) is 92.8 Å². The monoisotopic (exact) mass is 544 g/mol. The van der Waals surface area contributed by atoms with Crippen LogP contribution in [0.3, 0.4) is 0 Å². The smallest absolute Gasteiger partial charge is 0.341 e. The van der Waals surface area contributed by atoms with Crippen LogP contribution in [0.4, 0.5) is 0 Å². The van der Waals surface area contributed by atoms with E-state index in [0.29, 0.717) is 17.2 Å². The molecule has 2 atom stereocenters. The van der Waals surface area contributed by atoms with Crippen molar-refractivity contribution in [1.29, 1.82) is 0 Å². The highest BCUT2D eigenvalue weighted by Gasteiger charge is 2.33. The minimum Gasteiger partial charge on any atom is -0.487 e. The maximum atomic E-state index is 11.0. The second-order valence-electron chi connectivity index (χ2n) is 12.5. The zero-order valence-corrected chi connectivity index (χ0v) is 25.1. The predicted molar refractivity (Wildman–Crippen MR) is 154 cm³/mol. The lowest BCUT2D eigenvalue weighted by Crippen LogP contribution is -2.33. The summed E-state index contributed by atoms with van der Waals surface area (Å²) >= 11 is 0. The van der Waals surface area contributed by atoms with Crippen molar-refractivity contribution in [2.75, 3.05) is 19.8 Å². The van der Waals surface area contributed by atoms with E-state index in [-0.39, 0.29) is 36.1 Å². The van der Waals surface area contributed by atoms with Crippen molar-refractivity contribution >= 4 is 5.97 Å². The Morgan fingerprint density at radius 3 is 1.64 bits per heavy atom. The van der Waals surface area contributed by atoms with E-state index < -0.39 is 18.2 Å². The van der Waals surface area contributed by atoms with Gasteiger partial charge in [0.15, 0.2) is 18.1 Å². The Morgan fingerprint density at radius 2 is 1.21 bits per heavy atom. The van der Waals surface area contributed by atoms with Crippen LogP contribution < -0.4 is 14.2 Å². The Kier molecular flexibility index (Phi) is 10.9. The van der Waals surface area contributed by atoms with Crippen molar-refractivity contribution < 1.29 is 34.3 Å². The molecule has 0 aliphatic heterocycles. The Morgan fingerprint density at radius 1 is 0.744 bits per heavy atom. The third-order valence-electron chi connectivity index (χ3n) is 7.57. The maximum Gasteiger partial charge on any atom is 0.341 e. The number of rotatable bonds is 13. The third-order valence-corrected chi connectivity index (χ3v) is 7.57. The summed E-state index contributed by atoms with van der Waals surface area (Å²) in [5, 5.41) is 30.2. The number of hydrogen-bond acceptors (Lipinski definition) is 6. The molecular weight excluding hydrogens is 496 g/mol. The highest BCUT2D eigenvalue weighted by atomic mass is 16.5. The van der Waals surface area contributed by atoms with Crippen LogP contribution in [0.1, 0.15) is 84.9 Å². The molecule has 0 saturated heterocycles. The number of benzene rings is 2. The van der Waals surface area contributed by atoms with E-state index >= 15 is 0 Å². The van der Waals surface area contributed by atoms with Crippen LogP contribution in [0.2, 0.25) is 0 Å². The Balaban J connectivity index is 2.51. The molecule has 0 radical (unpaired) electrons. The van der Waals surface area contributed by atoms with Crippen molar-refractivity contribution in [3.8, 4) is 17.2 Å². The summed E-state index contributed by atoms with van der Waals surface area (Å²) in [6.07, 6.45) is 0.272. The minimum atomic E-state index is -1.02. The van der Waals surface area contributed by atoms with E-state index in [9.17, 15) is 15.0 Å². The normalized spacial score (nSPS) is 14.0. The molecule has 0 heterocycles. The second kappa shape index (κ2) is 13.1. The molecule has 0 saturated carbocycles. The van der Waals surface area contributed by atoms with E-state index in [1.807, 2.05) is 78.8 Å². The quantitative estimate of drug-likeness (QED) is 0.278. The first-order valence-corrected chi connectivity index (χ1v) is 13.8. The number of aliphatic hydroxyl groups is 2. The summed E-state index contributed by atoms with van der Waals surface area (Å²) in [7, 11) is 0. The summed E-state index contributed by atoms with van der Waals surface area (Å²) < 4.78 is 17.7. The third kappa shape index (κ3) is 8.36. The van der Waals surface area contributed by atoms with Gasteiger partial charge < -0.3 is 29.5 Å². The van der Waals surface area contributed by atoms with E-state index in [2.05, 4.69) is 19.9 Å². The van der Waals surface area contributed by atoms with Crippen LogP contribution in [-0.2, 0) is 10.2 Å². The van der Waals surface area contributed by atoms with Crippen molar-refractivity contribution in [2.24, 2.45) is 10.8 Å². The average Bonchev–Trinajstić information content (AvgIpc) is 2.85. The van der Waals surface area contributed by atoms with Gasteiger partial charge in [-0.25, -0.2) is 4.79 Å². The number of carboxylic acid groups (broad SMARTS) is 1. The summed E-state index contributed by atoms with van der Waals surface area (Å²) in [4.78, 5) is 11.0. The Labute approximate surface area is 234 Å². The highest BCUT2D eigenvalue weighted by Crippen LogP contribution is 2.43. The SMILES string of the molecule is CCC(CC)(c1ccc(OCC(=O)O)c(C)c1)c1ccc(OCC(O)C(C)(C)C)c(OCC(O)C(C)(C)C)c1. The molecule has 0 aliphatic carbocycles. The zero-order chi connectivity index (χ0) is 29.6. The lowest BCUT2D eigenvalue weighted by atomic mass is 9.70. The van der Waals surface area contributed by atoms with Crippen LogP contribution in [0, 0.1) is 17.8 Å². The molecule has 3 N–H and O–H groups in total. The summed E-state index contributed by atoms with van der Waals surface area (Å²) in [5.74, 6) is 0.555. The van der Waals surface area contributed by atoms with Gasteiger partial charge in [0.2, 0.25) is 0 Å². The number of carboxylic acids is 1. The molecule has 2 unspecified atom stereocenters. The van der Waals surface area contributed by atoms with Gasteiger partial charge in [0, 0.05) is 5.41 Å². The first-order valence-electron chi connectivity index (χ1n) is 13.8. The fourth-order valence-corrected chi connectivity index (χ4v) is 4.36. The number of hydrogen-bond donors (Lipinski definition) is 3.